The number of halogens is 2. The van der Waals surface area contributed by atoms with E-state index in [1.807, 2.05) is 18.2 Å². The average Bonchev–Trinajstić information content (AvgIpc) is 2.20. The Balaban J connectivity index is 2.63. The lowest BCUT2D eigenvalue weighted by atomic mass is 10.0. The fourth-order valence-electron chi connectivity index (χ4n) is 1.56. The topological polar surface area (TPSA) is 52.0 Å². The van der Waals surface area contributed by atoms with Gasteiger partial charge in [-0.25, -0.2) is 0 Å². The van der Waals surface area contributed by atoms with Crippen LogP contribution in [0.2, 0.25) is 10.0 Å². The second-order valence-corrected chi connectivity index (χ2v) is 4.32. The van der Waals surface area contributed by atoms with Gasteiger partial charge in [-0.1, -0.05) is 35.3 Å². The quantitative estimate of drug-likeness (QED) is 0.759. The first kappa shape index (κ1) is 11.1. The third-order valence-corrected chi connectivity index (χ3v) is 2.83. The van der Waals surface area contributed by atoms with Crippen LogP contribution in [0.3, 0.4) is 0 Å². The van der Waals surface area contributed by atoms with Crippen molar-refractivity contribution in [3.8, 4) is 11.1 Å². The van der Waals surface area contributed by atoms with Crippen LogP contribution in [0.1, 0.15) is 0 Å². The van der Waals surface area contributed by atoms with Gasteiger partial charge in [0.1, 0.15) is 0 Å². The normalized spacial score (nSPS) is 10.4. The second kappa shape index (κ2) is 4.24. The Morgan fingerprint density at radius 2 is 1.69 bits per heavy atom. The smallest absolute Gasteiger partial charge is 0.0641 e. The lowest BCUT2D eigenvalue weighted by Gasteiger charge is -2.08. The molecule has 0 aliphatic carbocycles. The molecule has 0 spiro atoms. The number of benzene rings is 2. The summed E-state index contributed by atoms with van der Waals surface area (Å²) in [6.45, 7) is 0. The summed E-state index contributed by atoms with van der Waals surface area (Å²) in [5.41, 5.74) is 14.5. The molecule has 0 aliphatic heterocycles. The van der Waals surface area contributed by atoms with Gasteiger partial charge < -0.3 is 11.5 Å². The first-order chi connectivity index (χ1) is 7.58. The minimum Gasteiger partial charge on any atom is -0.399 e. The highest BCUT2D eigenvalue weighted by Gasteiger charge is 2.06. The van der Waals surface area contributed by atoms with Crippen molar-refractivity contribution in [2.45, 2.75) is 0 Å². The molecule has 2 aromatic carbocycles. The molecule has 2 nitrogen and oxygen atoms in total. The molecule has 16 heavy (non-hydrogen) atoms. The molecule has 0 fully saturated rings. The highest BCUT2D eigenvalue weighted by molar-refractivity contribution is 6.34. The fraction of sp³-hybridized carbons (Fsp3) is 0. The van der Waals surface area contributed by atoms with Gasteiger partial charge in [0, 0.05) is 16.3 Å². The van der Waals surface area contributed by atoms with Crippen molar-refractivity contribution in [2.75, 3.05) is 11.5 Å². The first-order valence-corrected chi connectivity index (χ1v) is 5.44. The molecule has 0 unspecified atom stereocenters. The van der Waals surface area contributed by atoms with Crippen molar-refractivity contribution >= 4 is 34.6 Å². The summed E-state index contributed by atoms with van der Waals surface area (Å²) in [7, 11) is 0. The van der Waals surface area contributed by atoms with E-state index in [1.165, 1.54) is 0 Å². The van der Waals surface area contributed by atoms with Crippen molar-refractivity contribution < 1.29 is 0 Å². The van der Waals surface area contributed by atoms with Crippen LogP contribution < -0.4 is 11.5 Å². The van der Waals surface area contributed by atoms with Gasteiger partial charge in [0.25, 0.3) is 0 Å². The molecule has 0 bridgehead atoms. The maximum atomic E-state index is 5.95. The number of rotatable bonds is 1. The lowest BCUT2D eigenvalue weighted by molar-refractivity contribution is 1.60. The summed E-state index contributed by atoms with van der Waals surface area (Å²) in [6, 6.07) is 10.8. The van der Waals surface area contributed by atoms with Gasteiger partial charge in [-0.15, -0.1) is 0 Å². The van der Waals surface area contributed by atoms with Crippen LogP contribution in [0.4, 0.5) is 11.4 Å². The molecular formula is C12H10Cl2N2. The standard InChI is InChI=1S/C12H10Cl2N2/c13-8-4-7(5-9(15)6-8)10-2-1-3-11(14)12(10)16/h1-6H,15-16H2. The Morgan fingerprint density at radius 3 is 2.38 bits per heavy atom. The first-order valence-electron chi connectivity index (χ1n) is 4.68. The molecule has 2 aromatic rings. The van der Waals surface area contributed by atoms with E-state index in [9.17, 15) is 0 Å². The molecular weight excluding hydrogens is 243 g/mol. The largest absolute Gasteiger partial charge is 0.399 e. The maximum Gasteiger partial charge on any atom is 0.0641 e. The van der Waals surface area contributed by atoms with Crippen molar-refractivity contribution in [3.63, 3.8) is 0 Å². The summed E-state index contributed by atoms with van der Waals surface area (Å²) in [5.74, 6) is 0. The van der Waals surface area contributed by atoms with E-state index < -0.39 is 0 Å². The zero-order chi connectivity index (χ0) is 11.7. The van der Waals surface area contributed by atoms with Gasteiger partial charge in [-0.2, -0.15) is 0 Å². The molecule has 0 atom stereocenters. The van der Waals surface area contributed by atoms with E-state index in [2.05, 4.69) is 0 Å². The molecule has 2 rings (SSSR count). The van der Waals surface area contributed by atoms with Crippen molar-refractivity contribution in [3.05, 3.63) is 46.4 Å². The fourth-order valence-corrected chi connectivity index (χ4v) is 1.97. The monoisotopic (exact) mass is 252 g/mol. The van der Waals surface area contributed by atoms with Crippen molar-refractivity contribution in [1.29, 1.82) is 0 Å². The zero-order valence-corrected chi connectivity index (χ0v) is 9.89. The van der Waals surface area contributed by atoms with E-state index in [0.717, 1.165) is 11.1 Å². The van der Waals surface area contributed by atoms with Crippen LogP contribution in [0.25, 0.3) is 11.1 Å². The third-order valence-electron chi connectivity index (χ3n) is 2.28. The number of anilines is 2. The van der Waals surface area contributed by atoms with Crippen molar-refractivity contribution in [1.82, 2.24) is 0 Å². The molecule has 0 heterocycles. The summed E-state index contributed by atoms with van der Waals surface area (Å²) < 4.78 is 0. The van der Waals surface area contributed by atoms with Crippen LogP contribution in [0.15, 0.2) is 36.4 Å². The summed E-state index contributed by atoms with van der Waals surface area (Å²) in [4.78, 5) is 0. The molecule has 0 amide bonds. The molecule has 0 radical (unpaired) electrons. The number of hydrogen-bond acceptors (Lipinski definition) is 2. The number of nitrogen functional groups attached to an aromatic ring is 2. The van der Waals surface area contributed by atoms with Crippen LogP contribution >= 0.6 is 23.2 Å². The average molecular weight is 253 g/mol. The number of hydrogen-bond donors (Lipinski definition) is 2. The predicted octanol–water partition coefficient (Wildman–Crippen LogP) is 3.82. The SMILES string of the molecule is Nc1cc(Cl)cc(-c2cccc(Cl)c2N)c1. The van der Waals surface area contributed by atoms with E-state index in [4.69, 9.17) is 34.7 Å². The van der Waals surface area contributed by atoms with Gasteiger partial charge >= 0.3 is 0 Å². The van der Waals surface area contributed by atoms with Gasteiger partial charge in [-0.3, -0.25) is 0 Å². The van der Waals surface area contributed by atoms with E-state index in [1.54, 1.807) is 18.2 Å². The Hall–Kier alpha value is -1.38. The molecule has 0 aliphatic rings. The minimum absolute atomic E-state index is 0.524. The maximum absolute atomic E-state index is 5.95. The van der Waals surface area contributed by atoms with E-state index >= 15 is 0 Å². The Bertz CT molecular complexity index is 518. The number of nitrogens with two attached hydrogens (primary N) is 2. The Labute approximate surface area is 104 Å². The molecule has 0 aromatic heterocycles. The zero-order valence-electron chi connectivity index (χ0n) is 8.37. The van der Waals surface area contributed by atoms with Gasteiger partial charge in [0.05, 0.1) is 10.7 Å². The van der Waals surface area contributed by atoms with Crippen LogP contribution in [-0.2, 0) is 0 Å². The van der Waals surface area contributed by atoms with Crippen molar-refractivity contribution in [2.24, 2.45) is 0 Å². The third kappa shape index (κ3) is 2.08. The number of para-hydroxylation sites is 1. The highest BCUT2D eigenvalue weighted by Crippen LogP contribution is 2.33. The Morgan fingerprint density at radius 1 is 0.938 bits per heavy atom. The lowest BCUT2D eigenvalue weighted by Crippen LogP contribution is -1.92. The second-order valence-electron chi connectivity index (χ2n) is 3.47. The van der Waals surface area contributed by atoms with Gasteiger partial charge in [0.15, 0.2) is 0 Å². The van der Waals surface area contributed by atoms with Gasteiger partial charge in [0.2, 0.25) is 0 Å². The summed E-state index contributed by atoms with van der Waals surface area (Å²) in [5, 5.41) is 1.10. The summed E-state index contributed by atoms with van der Waals surface area (Å²) in [6.07, 6.45) is 0. The minimum atomic E-state index is 0.524. The van der Waals surface area contributed by atoms with Crippen LogP contribution in [0.5, 0.6) is 0 Å². The molecule has 0 saturated heterocycles. The van der Waals surface area contributed by atoms with E-state index in [-0.39, 0.29) is 0 Å². The molecule has 4 N–H and O–H groups in total. The molecule has 4 heteroatoms. The Kier molecular flexibility index (Phi) is 2.95. The van der Waals surface area contributed by atoms with Crippen LogP contribution in [0, 0.1) is 0 Å². The van der Waals surface area contributed by atoms with E-state index in [0.29, 0.717) is 21.4 Å². The highest BCUT2D eigenvalue weighted by atomic mass is 35.5. The summed E-state index contributed by atoms with van der Waals surface area (Å²) >= 11 is 11.9. The van der Waals surface area contributed by atoms with Gasteiger partial charge in [-0.05, 0) is 29.8 Å². The molecule has 82 valence electrons. The van der Waals surface area contributed by atoms with Crippen LogP contribution in [-0.4, -0.2) is 0 Å². The molecule has 0 saturated carbocycles. The predicted molar refractivity (Wildman–Crippen MR) is 70.7 cm³/mol.